The first-order valence-electron chi connectivity index (χ1n) is 7.16. The van der Waals surface area contributed by atoms with E-state index in [4.69, 9.17) is 9.47 Å². The molecule has 1 N–H and O–H groups in total. The number of rotatable bonds is 4. The Labute approximate surface area is 118 Å². The molecule has 0 bridgehead atoms. The fraction of sp³-hybridized carbons (Fsp3) is 0.786. The first-order chi connectivity index (χ1) is 9.33. The molecule has 0 amide bonds. The molecule has 4 nitrogen and oxygen atoms in total. The van der Waals surface area contributed by atoms with Gasteiger partial charge in [-0.05, 0) is 25.3 Å². The van der Waals surface area contributed by atoms with Crippen molar-refractivity contribution in [3.05, 3.63) is 16.6 Å². The zero-order valence-corrected chi connectivity index (χ0v) is 12.2. The topological polar surface area (TPSA) is 43.4 Å². The summed E-state index contributed by atoms with van der Waals surface area (Å²) in [5.74, 6) is 0.595. The fourth-order valence-electron chi connectivity index (χ4n) is 3.32. The Morgan fingerprint density at radius 1 is 1.58 bits per heavy atom. The number of nitrogens with one attached hydrogen (secondary N) is 1. The van der Waals surface area contributed by atoms with Gasteiger partial charge in [0.25, 0.3) is 0 Å². The van der Waals surface area contributed by atoms with E-state index in [1.54, 1.807) is 11.3 Å². The van der Waals surface area contributed by atoms with Crippen LogP contribution >= 0.6 is 11.3 Å². The number of nitrogens with zero attached hydrogens (tertiary/aromatic N) is 1. The van der Waals surface area contributed by atoms with Gasteiger partial charge < -0.3 is 14.8 Å². The molecule has 1 aromatic rings. The van der Waals surface area contributed by atoms with Crippen LogP contribution in [0.15, 0.2) is 10.9 Å². The van der Waals surface area contributed by atoms with Crippen LogP contribution in [-0.2, 0) is 9.47 Å². The number of hydrogen-bond acceptors (Lipinski definition) is 5. The lowest BCUT2D eigenvalue weighted by Gasteiger charge is -2.40. The van der Waals surface area contributed by atoms with Gasteiger partial charge in [0.1, 0.15) is 0 Å². The van der Waals surface area contributed by atoms with Crippen LogP contribution in [-0.4, -0.2) is 37.0 Å². The minimum Gasteiger partial charge on any atom is -0.378 e. The third kappa shape index (κ3) is 2.84. The van der Waals surface area contributed by atoms with Crippen LogP contribution in [0.4, 0.5) is 0 Å². The number of ether oxygens (including phenoxy) is 2. The van der Waals surface area contributed by atoms with Crippen molar-refractivity contribution in [3.8, 4) is 0 Å². The van der Waals surface area contributed by atoms with Gasteiger partial charge in [-0.2, -0.15) is 0 Å². The molecule has 3 atom stereocenters. The molecule has 2 aliphatic rings. The van der Waals surface area contributed by atoms with Gasteiger partial charge in [0.15, 0.2) is 0 Å². The Balaban J connectivity index is 1.74. The molecule has 2 aliphatic heterocycles. The lowest BCUT2D eigenvalue weighted by atomic mass is 9.80. The van der Waals surface area contributed by atoms with Gasteiger partial charge in [0, 0.05) is 25.0 Å². The van der Waals surface area contributed by atoms with Crippen molar-refractivity contribution >= 4 is 11.3 Å². The predicted molar refractivity (Wildman–Crippen MR) is 75.4 cm³/mol. The highest BCUT2D eigenvalue weighted by Crippen LogP contribution is 2.40. The molecule has 0 aromatic carbocycles. The molecule has 0 aliphatic carbocycles. The van der Waals surface area contributed by atoms with E-state index in [2.05, 4.69) is 22.6 Å². The van der Waals surface area contributed by atoms with Crippen molar-refractivity contribution < 1.29 is 9.47 Å². The minimum absolute atomic E-state index is 0.0212. The molecular formula is C14H22N2O2S. The second-order valence-corrected chi connectivity index (χ2v) is 6.25. The lowest BCUT2D eigenvalue weighted by Crippen LogP contribution is -2.44. The Morgan fingerprint density at radius 2 is 2.53 bits per heavy atom. The summed E-state index contributed by atoms with van der Waals surface area (Å²) >= 11 is 1.67. The van der Waals surface area contributed by atoms with Crippen LogP contribution in [0.2, 0.25) is 0 Å². The highest BCUT2D eigenvalue weighted by molar-refractivity contribution is 7.07. The van der Waals surface area contributed by atoms with Gasteiger partial charge in [-0.25, -0.2) is 4.98 Å². The Morgan fingerprint density at radius 3 is 3.21 bits per heavy atom. The number of thiazole rings is 1. The molecule has 2 fully saturated rings. The Bertz CT molecular complexity index is 390. The molecule has 1 aromatic heterocycles. The van der Waals surface area contributed by atoms with Crippen LogP contribution in [0.3, 0.4) is 0 Å². The highest BCUT2D eigenvalue weighted by atomic mass is 32.1. The summed E-state index contributed by atoms with van der Waals surface area (Å²) < 4.78 is 11.6. The summed E-state index contributed by atoms with van der Waals surface area (Å²) in [6.07, 6.45) is 3.23. The number of hydrogen-bond donors (Lipinski definition) is 1. The van der Waals surface area contributed by atoms with Gasteiger partial charge >= 0.3 is 0 Å². The van der Waals surface area contributed by atoms with Crippen LogP contribution in [0.1, 0.15) is 37.9 Å². The molecule has 2 saturated heterocycles. The molecule has 19 heavy (non-hydrogen) atoms. The molecule has 0 saturated carbocycles. The zero-order chi connectivity index (χ0) is 13.1. The van der Waals surface area contributed by atoms with E-state index in [9.17, 15) is 0 Å². The summed E-state index contributed by atoms with van der Waals surface area (Å²) in [6, 6.07) is 0.359. The Kier molecular flexibility index (Phi) is 4.17. The van der Waals surface area contributed by atoms with E-state index in [-0.39, 0.29) is 5.60 Å². The summed E-state index contributed by atoms with van der Waals surface area (Å²) in [5, 5.41) is 5.78. The summed E-state index contributed by atoms with van der Waals surface area (Å²) in [5.41, 5.74) is 3.09. The van der Waals surface area contributed by atoms with E-state index >= 15 is 0 Å². The lowest BCUT2D eigenvalue weighted by molar-refractivity contribution is -0.103. The largest absolute Gasteiger partial charge is 0.378 e. The molecule has 0 radical (unpaired) electrons. The van der Waals surface area contributed by atoms with Crippen molar-refractivity contribution in [3.63, 3.8) is 0 Å². The van der Waals surface area contributed by atoms with Gasteiger partial charge in [-0.15, -0.1) is 11.3 Å². The number of aromatic nitrogens is 1. The third-order valence-electron chi connectivity index (χ3n) is 4.26. The smallest absolute Gasteiger partial charge is 0.0940 e. The van der Waals surface area contributed by atoms with E-state index in [0.717, 1.165) is 45.6 Å². The average molecular weight is 282 g/mol. The third-order valence-corrected chi connectivity index (χ3v) is 4.87. The van der Waals surface area contributed by atoms with Crippen molar-refractivity contribution in [2.45, 2.75) is 37.8 Å². The summed E-state index contributed by atoms with van der Waals surface area (Å²) in [4.78, 5) is 4.51. The van der Waals surface area contributed by atoms with E-state index < -0.39 is 0 Å². The van der Waals surface area contributed by atoms with Crippen LogP contribution < -0.4 is 5.32 Å². The van der Waals surface area contributed by atoms with Crippen LogP contribution in [0, 0.1) is 5.92 Å². The SMILES string of the molecule is CCNC(c1cscn1)C1CCOC2(CCOC2)C1. The first kappa shape index (κ1) is 13.5. The summed E-state index contributed by atoms with van der Waals surface area (Å²) in [7, 11) is 0. The first-order valence-corrected chi connectivity index (χ1v) is 8.10. The van der Waals surface area contributed by atoms with E-state index in [1.165, 1.54) is 5.69 Å². The summed E-state index contributed by atoms with van der Waals surface area (Å²) in [6.45, 7) is 5.59. The average Bonchev–Trinajstić information content (AvgIpc) is 3.08. The second-order valence-electron chi connectivity index (χ2n) is 5.54. The van der Waals surface area contributed by atoms with Crippen molar-refractivity contribution in [1.29, 1.82) is 0 Å². The monoisotopic (exact) mass is 282 g/mol. The van der Waals surface area contributed by atoms with E-state index in [1.807, 2.05) is 5.51 Å². The van der Waals surface area contributed by atoms with Crippen molar-refractivity contribution in [2.75, 3.05) is 26.4 Å². The molecule has 3 rings (SSSR count). The van der Waals surface area contributed by atoms with Gasteiger partial charge in [0.2, 0.25) is 0 Å². The quantitative estimate of drug-likeness (QED) is 0.921. The van der Waals surface area contributed by atoms with Gasteiger partial charge in [0.05, 0.1) is 29.5 Å². The maximum absolute atomic E-state index is 6.03. The maximum Gasteiger partial charge on any atom is 0.0940 e. The minimum atomic E-state index is -0.0212. The molecule has 1 spiro atoms. The van der Waals surface area contributed by atoms with E-state index in [0.29, 0.717) is 12.0 Å². The second kappa shape index (κ2) is 5.87. The molecular weight excluding hydrogens is 260 g/mol. The van der Waals surface area contributed by atoms with Crippen LogP contribution in [0.25, 0.3) is 0 Å². The predicted octanol–water partition coefficient (Wildman–Crippen LogP) is 2.38. The molecule has 106 valence electrons. The zero-order valence-electron chi connectivity index (χ0n) is 11.4. The molecule has 3 unspecified atom stereocenters. The Hall–Kier alpha value is -0.490. The standard InChI is InChI=1S/C14H22N2O2S/c1-2-15-13(12-8-19-10-16-12)11-3-5-18-14(7-11)4-6-17-9-14/h8,10-11,13,15H,2-7,9H2,1H3. The van der Waals surface area contributed by atoms with Crippen LogP contribution in [0.5, 0.6) is 0 Å². The van der Waals surface area contributed by atoms with Crippen molar-refractivity contribution in [1.82, 2.24) is 10.3 Å². The maximum atomic E-state index is 6.03. The normalized spacial score (nSPS) is 32.8. The highest BCUT2D eigenvalue weighted by Gasteiger charge is 2.43. The van der Waals surface area contributed by atoms with Gasteiger partial charge in [-0.3, -0.25) is 0 Å². The molecule has 5 heteroatoms. The fourth-order valence-corrected chi connectivity index (χ4v) is 3.91. The van der Waals surface area contributed by atoms with Crippen molar-refractivity contribution in [2.24, 2.45) is 5.92 Å². The molecule has 3 heterocycles. The van der Waals surface area contributed by atoms with Gasteiger partial charge in [-0.1, -0.05) is 6.92 Å².